The largest absolute Gasteiger partial charge is 0.329 e. The van der Waals surface area contributed by atoms with Crippen LogP contribution in [0.15, 0.2) is 12.7 Å². The smallest absolute Gasteiger partial charge is 0.0309 e. The van der Waals surface area contributed by atoms with E-state index in [-0.39, 0.29) is 5.54 Å². The molecule has 1 aliphatic rings. The lowest BCUT2D eigenvalue weighted by Crippen LogP contribution is -2.55. The first-order valence-electron chi connectivity index (χ1n) is 6.10. The molecule has 0 aromatic carbocycles. The van der Waals surface area contributed by atoms with Crippen LogP contribution in [-0.4, -0.2) is 18.6 Å². The van der Waals surface area contributed by atoms with Gasteiger partial charge in [0.05, 0.1) is 0 Å². The Morgan fingerprint density at radius 3 is 2.67 bits per heavy atom. The molecule has 1 fully saturated rings. The van der Waals surface area contributed by atoms with Gasteiger partial charge in [-0.15, -0.1) is 6.58 Å². The first-order chi connectivity index (χ1) is 7.04. The maximum absolute atomic E-state index is 5.95. The summed E-state index contributed by atoms with van der Waals surface area (Å²) in [6, 6.07) is 0. The minimum Gasteiger partial charge on any atom is -0.329 e. The first kappa shape index (κ1) is 12.7. The molecular weight excluding hydrogens is 184 g/mol. The number of rotatable bonds is 5. The Morgan fingerprint density at radius 2 is 2.13 bits per heavy atom. The molecule has 0 bridgehead atoms. The highest BCUT2D eigenvalue weighted by Gasteiger charge is 2.38. The van der Waals surface area contributed by atoms with Crippen molar-refractivity contribution >= 4 is 0 Å². The van der Waals surface area contributed by atoms with Crippen molar-refractivity contribution in [2.24, 2.45) is 11.1 Å². The van der Waals surface area contributed by atoms with E-state index in [1.807, 2.05) is 6.08 Å². The van der Waals surface area contributed by atoms with E-state index in [0.717, 1.165) is 19.5 Å². The second kappa shape index (κ2) is 5.13. The van der Waals surface area contributed by atoms with E-state index in [1.54, 1.807) is 0 Å². The molecular formula is C13H26N2. The van der Waals surface area contributed by atoms with Gasteiger partial charge in [0, 0.05) is 12.1 Å². The standard InChI is InChI=1S/C13H26N2/c1-4-5-9-15-13(11-14)8-6-7-12(2,3)10-13/h4,15H,1,5-11,14H2,2-3H3. The SMILES string of the molecule is C=CCCNC1(CN)CCCC(C)(C)C1. The third kappa shape index (κ3) is 3.62. The molecule has 0 aromatic rings. The van der Waals surface area contributed by atoms with Crippen LogP contribution in [0.1, 0.15) is 46.0 Å². The van der Waals surface area contributed by atoms with Gasteiger partial charge < -0.3 is 11.1 Å². The normalized spacial score (nSPS) is 30.1. The lowest BCUT2D eigenvalue weighted by Gasteiger charge is -2.45. The molecule has 1 rings (SSSR count). The van der Waals surface area contributed by atoms with Gasteiger partial charge in [0.1, 0.15) is 0 Å². The molecule has 1 atom stereocenters. The summed E-state index contributed by atoms with van der Waals surface area (Å²) < 4.78 is 0. The van der Waals surface area contributed by atoms with E-state index in [4.69, 9.17) is 5.73 Å². The van der Waals surface area contributed by atoms with Crippen molar-refractivity contribution in [1.29, 1.82) is 0 Å². The Labute approximate surface area is 94.3 Å². The van der Waals surface area contributed by atoms with Crippen LogP contribution in [0.5, 0.6) is 0 Å². The van der Waals surface area contributed by atoms with Crippen molar-refractivity contribution in [3.05, 3.63) is 12.7 Å². The van der Waals surface area contributed by atoms with Crippen LogP contribution >= 0.6 is 0 Å². The maximum atomic E-state index is 5.95. The fourth-order valence-electron chi connectivity index (χ4n) is 2.83. The van der Waals surface area contributed by atoms with Gasteiger partial charge in [-0.2, -0.15) is 0 Å². The zero-order valence-electron chi connectivity index (χ0n) is 10.3. The molecule has 0 saturated heterocycles. The van der Waals surface area contributed by atoms with Gasteiger partial charge in [-0.1, -0.05) is 26.3 Å². The summed E-state index contributed by atoms with van der Waals surface area (Å²) in [5.41, 5.74) is 6.58. The van der Waals surface area contributed by atoms with Gasteiger partial charge in [0.15, 0.2) is 0 Å². The Bertz CT molecular complexity index is 211. The monoisotopic (exact) mass is 210 g/mol. The van der Waals surface area contributed by atoms with Gasteiger partial charge in [0.2, 0.25) is 0 Å². The Morgan fingerprint density at radius 1 is 1.40 bits per heavy atom. The molecule has 1 saturated carbocycles. The van der Waals surface area contributed by atoms with Gasteiger partial charge >= 0.3 is 0 Å². The van der Waals surface area contributed by atoms with Crippen molar-refractivity contribution in [1.82, 2.24) is 5.32 Å². The third-order valence-electron chi connectivity index (χ3n) is 3.57. The highest BCUT2D eigenvalue weighted by molar-refractivity contribution is 4.97. The van der Waals surface area contributed by atoms with Gasteiger partial charge in [-0.25, -0.2) is 0 Å². The van der Waals surface area contributed by atoms with E-state index in [0.29, 0.717) is 5.41 Å². The van der Waals surface area contributed by atoms with Crippen LogP contribution in [0.3, 0.4) is 0 Å². The summed E-state index contributed by atoms with van der Waals surface area (Å²) >= 11 is 0. The van der Waals surface area contributed by atoms with E-state index in [9.17, 15) is 0 Å². The Kier molecular flexibility index (Phi) is 4.35. The quantitative estimate of drug-likeness (QED) is 0.540. The van der Waals surface area contributed by atoms with Gasteiger partial charge in [-0.3, -0.25) is 0 Å². The summed E-state index contributed by atoms with van der Waals surface area (Å²) in [6.45, 7) is 10.2. The maximum Gasteiger partial charge on any atom is 0.0309 e. The van der Waals surface area contributed by atoms with E-state index >= 15 is 0 Å². The summed E-state index contributed by atoms with van der Waals surface area (Å²) in [6.07, 6.45) is 8.05. The molecule has 0 radical (unpaired) electrons. The molecule has 1 aliphatic carbocycles. The summed E-state index contributed by atoms with van der Waals surface area (Å²) in [7, 11) is 0. The summed E-state index contributed by atoms with van der Waals surface area (Å²) in [4.78, 5) is 0. The van der Waals surface area contributed by atoms with Crippen LogP contribution < -0.4 is 11.1 Å². The highest BCUT2D eigenvalue weighted by atomic mass is 15.0. The second-order valence-electron chi connectivity index (χ2n) is 5.68. The molecule has 0 aliphatic heterocycles. The van der Waals surface area contributed by atoms with Crippen molar-refractivity contribution in [3.8, 4) is 0 Å². The minimum absolute atomic E-state index is 0.185. The van der Waals surface area contributed by atoms with Crippen molar-refractivity contribution in [2.75, 3.05) is 13.1 Å². The molecule has 0 aromatic heterocycles. The lowest BCUT2D eigenvalue weighted by atomic mass is 9.68. The third-order valence-corrected chi connectivity index (χ3v) is 3.57. The summed E-state index contributed by atoms with van der Waals surface area (Å²) in [5, 5.41) is 3.65. The van der Waals surface area contributed by atoms with E-state index in [2.05, 4.69) is 25.7 Å². The molecule has 88 valence electrons. The highest BCUT2D eigenvalue weighted by Crippen LogP contribution is 2.40. The zero-order valence-corrected chi connectivity index (χ0v) is 10.3. The number of nitrogens with two attached hydrogens (primary N) is 1. The van der Waals surface area contributed by atoms with Gasteiger partial charge in [0.25, 0.3) is 0 Å². The molecule has 15 heavy (non-hydrogen) atoms. The van der Waals surface area contributed by atoms with Gasteiger partial charge in [-0.05, 0) is 37.6 Å². The Hall–Kier alpha value is -0.340. The first-order valence-corrected chi connectivity index (χ1v) is 6.10. The minimum atomic E-state index is 0.185. The molecule has 0 spiro atoms. The van der Waals surface area contributed by atoms with Crippen LogP contribution in [0.25, 0.3) is 0 Å². The van der Waals surface area contributed by atoms with Crippen LogP contribution in [0, 0.1) is 5.41 Å². The molecule has 0 amide bonds. The fourth-order valence-corrected chi connectivity index (χ4v) is 2.83. The van der Waals surface area contributed by atoms with Crippen molar-refractivity contribution < 1.29 is 0 Å². The molecule has 0 heterocycles. The van der Waals surface area contributed by atoms with E-state index in [1.165, 1.54) is 25.7 Å². The fraction of sp³-hybridized carbons (Fsp3) is 0.846. The average Bonchev–Trinajstić information content (AvgIpc) is 2.17. The number of hydrogen-bond acceptors (Lipinski definition) is 2. The second-order valence-corrected chi connectivity index (χ2v) is 5.68. The van der Waals surface area contributed by atoms with Crippen LogP contribution in [0.4, 0.5) is 0 Å². The van der Waals surface area contributed by atoms with Crippen molar-refractivity contribution in [3.63, 3.8) is 0 Å². The van der Waals surface area contributed by atoms with Crippen LogP contribution in [0.2, 0.25) is 0 Å². The predicted octanol–water partition coefficient (Wildman–Crippen LogP) is 2.45. The van der Waals surface area contributed by atoms with Crippen LogP contribution in [-0.2, 0) is 0 Å². The number of hydrogen-bond donors (Lipinski definition) is 2. The summed E-state index contributed by atoms with van der Waals surface area (Å²) in [5.74, 6) is 0. The topological polar surface area (TPSA) is 38.0 Å². The molecule has 3 N–H and O–H groups in total. The molecule has 2 heteroatoms. The predicted molar refractivity (Wildman–Crippen MR) is 66.9 cm³/mol. The van der Waals surface area contributed by atoms with Crippen molar-refractivity contribution in [2.45, 2.75) is 51.5 Å². The lowest BCUT2D eigenvalue weighted by molar-refractivity contribution is 0.125. The Balaban J connectivity index is 2.54. The average molecular weight is 210 g/mol. The molecule has 1 unspecified atom stereocenters. The molecule has 2 nitrogen and oxygen atoms in total. The number of nitrogens with one attached hydrogen (secondary N) is 1. The zero-order chi connectivity index (χ0) is 11.4. The van der Waals surface area contributed by atoms with E-state index < -0.39 is 0 Å².